The first kappa shape index (κ1) is 21.6. The van der Waals surface area contributed by atoms with Crippen LogP contribution in [0.5, 0.6) is 0 Å². The molecule has 0 spiro atoms. The van der Waals surface area contributed by atoms with Crippen molar-refractivity contribution in [2.75, 3.05) is 11.9 Å². The third kappa shape index (κ3) is 4.36. The monoisotopic (exact) mass is 449 g/mol. The van der Waals surface area contributed by atoms with Crippen LogP contribution in [0, 0.1) is 5.82 Å². The first-order valence-electron chi connectivity index (χ1n) is 9.89. The minimum absolute atomic E-state index is 0.435. The largest absolute Gasteiger partial charge is 0.325 e. The molecular formula is C24H20FN3O3S. The summed E-state index contributed by atoms with van der Waals surface area (Å²) in [5.41, 5.74) is -0.351. The highest BCUT2D eigenvalue weighted by molar-refractivity contribution is 7.99. The van der Waals surface area contributed by atoms with Gasteiger partial charge in [0.1, 0.15) is 17.9 Å². The Bertz CT molecular complexity index is 1170. The summed E-state index contributed by atoms with van der Waals surface area (Å²) >= 11 is 1.49. The molecule has 1 fully saturated rings. The van der Waals surface area contributed by atoms with E-state index in [9.17, 15) is 18.8 Å². The average Bonchev–Trinajstić information content (AvgIpc) is 3.00. The van der Waals surface area contributed by atoms with Gasteiger partial charge in [0.15, 0.2) is 0 Å². The zero-order valence-electron chi connectivity index (χ0n) is 17.2. The molecule has 32 heavy (non-hydrogen) atoms. The van der Waals surface area contributed by atoms with Gasteiger partial charge >= 0.3 is 6.03 Å². The Labute approximate surface area is 188 Å². The minimum atomic E-state index is -1.37. The number of halogens is 1. The molecular weight excluding hydrogens is 429 g/mol. The van der Waals surface area contributed by atoms with Crippen LogP contribution in [0.15, 0.2) is 88.7 Å². The molecule has 1 saturated heterocycles. The van der Waals surface area contributed by atoms with Crippen LogP contribution in [0.25, 0.3) is 0 Å². The van der Waals surface area contributed by atoms with Gasteiger partial charge in [-0.3, -0.25) is 14.5 Å². The summed E-state index contributed by atoms with van der Waals surface area (Å²) in [4.78, 5) is 40.9. The first-order valence-corrected chi connectivity index (χ1v) is 10.7. The highest BCUT2D eigenvalue weighted by Gasteiger charge is 2.49. The van der Waals surface area contributed by atoms with Crippen molar-refractivity contribution in [3.63, 3.8) is 0 Å². The molecule has 0 saturated carbocycles. The van der Waals surface area contributed by atoms with E-state index in [1.54, 1.807) is 12.1 Å². The maximum Gasteiger partial charge on any atom is 0.325 e. The average molecular weight is 450 g/mol. The number of amides is 4. The Hall–Kier alpha value is -3.65. The Morgan fingerprint density at radius 2 is 1.66 bits per heavy atom. The zero-order chi connectivity index (χ0) is 22.7. The van der Waals surface area contributed by atoms with E-state index in [0.717, 1.165) is 14.7 Å². The number of benzene rings is 3. The summed E-state index contributed by atoms with van der Waals surface area (Å²) < 4.78 is 13.3. The van der Waals surface area contributed by atoms with Gasteiger partial charge < -0.3 is 10.6 Å². The van der Waals surface area contributed by atoms with Crippen LogP contribution in [0.4, 0.5) is 14.9 Å². The lowest BCUT2D eigenvalue weighted by Crippen LogP contribution is -2.42. The molecule has 1 aliphatic heterocycles. The number of para-hydroxylation sites is 1. The lowest BCUT2D eigenvalue weighted by atomic mass is 9.92. The fourth-order valence-corrected chi connectivity index (χ4v) is 4.35. The van der Waals surface area contributed by atoms with Gasteiger partial charge in [-0.1, -0.05) is 54.2 Å². The Morgan fingerprint density at radius 3 is 2.38 bits per heavy atom. The summed E-state index contributed by atoms with van der Waals surface area (Å²) in [6.45, 7) is 1.09. The van der Waals surface area contributed by atoms with Crippen LogP contribution < -0.4 is 10.6 Å². The van der Waals surface area contributed by atoms with Crippen LogP contribution in [0.3, 0.4) is 0 Å². The number of anilines is 1. The number of rotatable bonds is 6. The van der Waals surface area contributed by atoms with E-state index in [4.69, 9.17) is 0 Å². The van der Waals surface area contributed by atoms with E-state index in [1.165, 1.54) is 43.0 Å². The molecule has 162 valence electrons. The number of carbonyl (C=O) groups excluding carboxylic acids is 3. The smallest absolute Gasteiger partial charge is 0.323 e. The van der Waals surface area contributed by atoms with Gasteiger partial charge in [-0.2, -0.15) is 0 Å². The Kier molecular flexibility index (Phi) is 5.96. The number of urea groups is 1. The van der Waals surface area contributed by atoms with Gasteiger partial charge in [-0.15, -0.1) is 0 Å². The number of imide groups is 1. The molecule has 4 amide bonds. The quantitative estimate of drug-likeness (QED) is 0.548. The number of hydrogen-bond donors (Lipinski definition) is 2. The molecule has 3 aromatic rings. The van der Waals surface area contributed by atoms with Crippen LogP contribution in [-0.2, 0) is 15.1 Å². The second-order valence-electron chi connectivity index (χ2n) is 7.41. The number of nitrogens with one attached hydrogen (secondary N) is 2. The third-order valence-corrected chi connectivity index (χ3v) is 6.21. The van der Waals surface area contributed by atoms with Gasteiger partial charge in [-0.05, 0) is 48.9 Å². The van der Waals surface area contributed by atoms with E-state index in [1.807, 2.05) is 42.5 Å². The van der Waals surface area contributed by atoms with Gasteiger partial charge in [0, 0.05) is 9.79 Å². The lowest BCUT2D eigenvalue weighted by molar-refractivity contribution is -0.133. The van der Waals surface area contributed by atoms with E-state index < -0.39 is 35.7 Å². The van der Waals surface area contributed by atoms with Crippen molar-refractivity contribution in [3.8, 4) is 0 Å². The van der Waals surface area contributed by atoms with Crippen molar-refractivity contribution >= 4 is 35.3 Å². The van der Waals surface area contributed by atoms with Crippen molar-refractivity contribution in [2.45, 2.75) is 22.3 Å². The fraction of sp³-hybridized carbons (Fsp3) is 0.125. The van der Waals surface area contributed by atoms with Crippen molar-refractivity contribution < 1.29 is 18.8 Å². The molecule has 1 atom stereocenters. The first-order chi connectivity index (χ1) is 15.4. The SMILES string of the molecule is C[C@@]1(c2ccc(F)cc2)NC(=O)N(CC(=O)Nc2ccccc2Sc2ccccc2)C1=O. The minimum Gasteiger partial charge on any atom is -0.323 e. The predicted molar refractivity (Wildman–Crippen MR) is 120 cm³/mol. The van der Waals surface area contributed by atoms with Crippen LogP contribution >= 0.6 is 11.8 Å². The summed E-state index contributed by atoms with van der Waals surface area (Å²) in [6.07, 6.45) is 0. The van der Waals surface area contributed by atoms with E-state index in [2.05, 4.69) is 10.6 Å². The number of carbonyl (C=O) groups is 3. The molecule has 0 unspecified atom stereocenters. The van der Waals surface area contributed by atoms with Crippen molar-refractivity contribution in [2.24, 2.45) is 0 Å². The summed E-state index contributed by atoms with van der Waals surface area (Å²) in [6, 6.07) is 21.7. The van der Waals surface area contributed by atoms with Crippen molar-refractivity contribution in [1.29, 1.82) is 0 Å². The third-order valence-electron chi connectivity index (χ3n) is 5.13. The second kappa shape index (κ2) is 8.84. The Morgan fingerprint density at radius 1 is 1.00 bits per heavy atom. The number of hydrogen-bond acceptors (Lipinski definition) is 4. The Balaban J connectivity index is 1.47. The standard InChI is InChI=1S/C24H20FN3O3S/c1-24(16-11-13-17(25)14-12-16)22(30)28(23(31)27-24)15-21(29)26-19-9-5-6-10-20(19)32-18-7-3-2-4-8-18/h2-14H,15H2,1H3,(H,26,29)(H,27,31)/t24-/m0/s1. The number of nitrogens with zero attached hydrogens (tertiary/aromatic N) is 1. The van der Waals surface area contributed by atoms with Crippen LogP contribution in [0.2, 0.25) is 0 Å². The summed E-state index contributed by atoms with van der Waals surface area (Å²) in [5, 5.41) is 5.40. The highest BCUT2D eigenvalue weighted by Crippen LogP contribution is 2.33. The molecule has 0 bridgehead atoms. The fourth-order valence-electron chi connectivity index (χ4n) is 3.43. The van der Waals surface area contributed by atoms with Gasteiger partial charge in [0.25, 0.3) is 5.91 Å². The van der Waals surface area contributed by atoms with Crippen LogP contribution in [0.1, 0.15) is 12.5 Å². The topological polar surface area (TPSA) is 78.5 Å². The molecule has 2 N–H and O–H groups in total. The van der Waals surface area contributed by atoms with E-state index in [-0.39, 0.29) is 0 Å². The van der Waals surface area contributed by atoms with Gasteiger partial charge in [-0.25, -0.2) is 9.18 Å². The molecule has 6 nitrogen and oxygen atoms in total. The highest BCUT2D eigenvalue weighted by atomic mass is 32.2. The second-order valence-corrected chi connectivity index (χ2v) is 8.53. The molecule has 4 rings (SSSR count). The maximum absolute atomic E-state index is 13.3. The van der Waals surface area contributed by atoms with Crippen LogP contribution in [-0.4, -0.2) is 29.3 Å². The van der Waals surface area contributed by atoms with Gasteiger partial charge in [0.05, 0.1) is 5.69 Å². The summed E-state index contributed by atoms with van der Waals surface area (Å²) in [7, 11) is 0. The molecule has 3 aromatic carbocycles. The molecule has 1 aliphatic rings. The molecule has 0 aromatic heterocycles. The van der Waals surface area contributed by atoms with Crippen molar-refractivity contribution in [3.05, 3.63) is 90.2 Å². The normalized spacial score (nSPS) is 17.9. The van der Waals surface area contributed by atoms with E-state index >= 15 is 0 Å². The molecule has 0 aliphatic carbocycles. The lowest BCUT2D eigenvalue weighted by Gasteiger charge is -2.22. The zero-order valence-corrected chi connectivity index (χ0v) is 18.0. The molecule has 0 radical (unpaired) electrons. The van der Waals surface area contributed by atoms with E-state index in [0.29, 0.717) is 11.3 Å². The van der Waals surface area contributed by atoms with Crippen molar-refractivity contribution in [1.82, 2.24) is 10.2 Å². The predicted octanol–water partition coefficient (Wildman–Crippen LogP) is 4.38. The summed E-state index contributed by atoms with van der Waals surface area (Å²) in [5.74, 6) is -1.52. The van der Waals surface area contributed by atoms with Gasteiger partial charge in [0.2, 0.25) is 5.91 Å². The molecule has 1 heterocycles. The molecule has 8 heteroatoms. The maximum atomic E-state index is 13.3.